The first-order valence-corrected chi connectivity index (χ1v) is 5.47. The normalized spacial score (nSPS) is 32.5. The molecule has 0 spiro atoms. The van der Waals surface area contributed by atoms with Gasteiger partial charge < -0.3 is 9.84 Å². The molecule has 15 heavy (non-hydrogen) atoms. The number of hydrogen-bond acceptors (Lipinski definition) is 3. The molecule has 0 saturated carbocycles. The van der Waals surface area contributed by atoms with Crippen LogP contribution in [0.4, 0.5) is 0 Å². The van der Waals surface area contributed by atoms with E-state index in [0.717, 1.165) is 12.8 Å². The maximum atomic E-state index is 10.9. The Labute approximate surface area is 91.1 Å². The van der Waals surface area contributed by atoms with Crippen LogP contribution in [0.15, 0.2) is 11.6 Å². The smallest absolute Gasteiger partial charge is 0.303 e. The van der Waals surface area contributed by atoms with Gasteiger partial charge in [0.1, 0.15) is 6.10 Å². The van der Waals surface area contributed by atoms with Crippen molar-refractivity contribution in [3.05, 3.63) is 11.6 Å². The third-order valence-corrected chi connectivity index (χ3v) is 2.95. The van der Waals surface area contributed by atoms with Crippen molar-refractivity contribution >= 4 is 5.97 Å². The van der Waals surface area contributed by atoms with E-state index in [1.54, 1.807) is 6.92 Å². The van der Waals surface area contributed by atoms with Gasteiger partial charge in [0.15, 0.2) is 0 Å². The number of rotatable bonds is 1. The van der Waals surface area contributed by atoms with Crippen molar-refractivity contribution in [3.63, 3.8) is 0 Å². The summed E-state index contributed by atoms with van der Waals surface area (Å²) in [6.07, 6.45) is 4.85. The molecule has 2 unspecified atom stereocenters. The van der Waals surface area contributed by atoms with Crippen LogP contribution in [0.2, 0.25) is 0 Å². The Morgan fingerprint density at radius 2 is 2.33 bits per heavy atom. The molecular weight excluding hydrogens is 192 g/mol. The largest absolute Gasteiger partial charge is 0.459 e. The highest BCUT2D eigenvalue weighted by molar-refractivity contribution is 5.66. The Balaban J connectivity index is 2.72. The van der Waals surface area contributed by atoms with Gasteiger partial charge in [0.05, 0.1) is 5.60 Å². The van der Waals surface area contributed by atoms with Crippen LogP contribution in [0.1, 0.15) is 46.5 Å². The number of ether oxygens (including phenoxy) is 1. The topological polar surface area (TPSA) is 46.5 Å². The molecule has 3 heteroatoms. The second kappa shape index (κ2) is 4.79. The van der Waals surface area contributed by atoms with E-state index in [1.807, 2.05) is 0 Å². The molecule has 0 heterocycles. The van der Waals surface area contributed by atoms with Crippen LogP contribution < -0.4 is 0 Å². The Bertz CT molecular complexity index is 266. The van der Waals surface area contributed by atoms with Crippen LogP contribution in [0.25, 0.3) is 0 Å². The fourth-order valence-electron chi connectivity index (χ4n) is 1.93. The van der Waals surface area contributed by atoms with E-state index in [1.165, 1.54) is 12.5 Å². The standard InChI is InChI=1S/C12H20O3/c1-9-5-4-8-12(3,14)11(7-6-9)15-10(2)13/h5,11,14H,4,6-8H2,1-3H3. The van der Waals surface area contributed by atoms with Crippen molar-refractivity contribution < 1.29 is 14.6 Å². The molecule has 0 fully saturated rings. The Hall–Kier alpha value is -0.830. The molecular formula is C12H20O3. The summed E-state index contributed by atoms with van der Waals surface area (Å²) >= 11 is 0. The number of allylic oxidation sites excluding steroid dienone is 2. The lowest BCUT2D eigenvalue weighted by atomic mass is 9.86. The third-order valence-electron chi connectivity index (χ3n) is 2.95. The fourth-order valence-corrected chi connectivity index (χ4v) is 1.93. The molecule has 86 valence electrons. The van der Waals surface area contributed by atoms with Crippen molar-refractivity contribution in [2.45, 2.75) is 58.2 Å². The zero-order chi connectivity index (χ0) is 11.5. The summed E-state index contributed by atoms with van der Waals surface area (Å²) in [6.45, 7) is 5.21. The minimum atomic E-state index is -0.900. The maximum absolute atomic E-state index is 10.9. The molecule has 0 amide bonds. The number of carbonyl (C=O) groups excluding carboxylic acids is 1. The van der Waals surface area contributed by atoms with E-state index in [4.69, 9.17) is 4.74 Å². The molecule has 1 aliphatic carbocycles. The maximum Gasteiger partial charge on any atom is 0.303 e. The van der Waals surface area contributed by atoms with Gasteiger partial charge in [-0.3, -0.25) is 4.79 Å². The summed E-state index contributed by atoms with van der Waals surface area (Å²) in [6, 6.07) is 0. The molecule has 0 radical (unpaired) electrons. The van der Waals surface area contributed by atoms with Gasteiger partial charge in [0.25, 0.3) is 0 Å². The highest BCUT2D eigenvalue weighted by Gasteiger charge is 2.34. The first-order valence-electron chi connectivity index (χ1n) is 5.47. The van der Waals surface area contributed by atoms with Crippen LogP contribution in [0.5, 0.6) is 0 Å². The van der Waals surface area contributed by atoms with Crippen LogP contribution in [0.3, 0.4) is 0 Å². The molecule has 0 aliphatic heterocycles. The van der Waals surface area contributed by atoms with Gasteiger partial charge in [-0.05, 0) is 39.5 Å². The van der Waals surface area contributed by atoms with Gasteiger partial charge in [-0.25, -0.2) is 0 Å². The number of esters is 1. The van der Waals surface area contributed by atoms with Crippen LogP contribution in [0, 0.1) is 0 Å². The molecule has 3 nitrogen and oxygen atoms in total. The van der Waals surface area contributed by atoms with Gasteiger partial charge in [-0.15, -0.1) is 0 Å². The summed E-state index contributed by atoms with van der Waals surface area (Å²) in [5.74, 6) is -0.317. The molecule has 0 aromatic carbocycles. The number of hydrogen-bond donors (Lipinski definition) is 1. The van der Waals surface area contributed by atoms with Gasteiger partial charge in [-0.1, -0.05) is 11.6 Å². The highest BCUT2D eigenvalue weighted by Crippen LogP contribution is 2.28. The SMILES string of the molecule is CC(=O)OC1CCC(C)=CCCC1(C)O. The van der Waals surface area contributed by atoms with Crippen LogP contribution >= 0.6 is 0 Å². The lowest BCUT2D eigenvalue weighted by molar-refractivity contribution is -0.162. The zero-order valence-corrected chi connectivity index (χ0v) is 9.75. The molecule has 0 bridgehead atoms. The molecule has 1 aliphatic rings. The second-order valence-electron chi connectivity index (χ2n) is 4.58. The third kappa shape index (κ3) is 3.67. The average molecular weight is 212 g/mol. The van der Waals surface area contributed by atoms with Gasteiger partial charge in [0, 0.05) is 6.92 Å². The molecule has 1 rings (SSSR count). The number of carbonyl (C=O) groups is 1. The fraction of sp³-hybridized carbons (Fsp3) is 0.750. The average Bonchev–Trinajstić information content (AvgIpc) is 2.09. The quantitative estimate of drug-likeness (QED) is 0.535. The molecule has 1 N–H and O–H groups in total. The molecule has 2 atom stereocenters. The predicted octanol–water partition coefficient (Wildman–Crippen LogP) is 2.19. The summed E-state index contributed by atoms with van der Waals surface area (Å²) < 4.78 is 5.17. The minimum Gasteiger partial charge on any atom is -0.459 e. The summed E-state index contributed by atoms with van der Waals surface area (Å²) in [7, 11) is 0. The van der Waals surface area contributed by atoms with E-state index in [2.05, 4.69) is 13.0 Å². The van der Waals surface area contributed by atoms with Gasteiger partial charge >= 0.3 is 5.97 Å². The highest BCUT2D eigenvalue weighted by atomic mass is 16.6. The van der Waals surface area contributed by atoms with E-state index >= 15 is 0 Å². The summed E-state index contributed by atoms with van der Waals surface area (Å²) in [5.41, 5.74) is 0.408. The summed E-state index contributed by atoms with van der Waals surface area (Å²) in [5, 5.41) is 10.2. The van der Waals surface area contributed by atoms with Crippen molar-refractivity contribution in [1.82, 2.24) is 0 Å². The molecule has 0 aromatic heterocycles. The van der Waals surface area contributed by atoms with Crippen LogP contribution in [-0.4, -0.2) is 22.8 Å². The number of aliphatic hydroxyl groups is 1. The Morgan fingerprint density at radius 3 is 2.93 bits per heavy atom. The van der Waals surface area contributed by atoms with Crippen molar-refractivity contribution in [3.8, 4) is 0 Å². The van der Waals surface area contributed by atoms with Gasteiger partial charge in [-0.2, -0.15) is 0 Å². The zero-order valence-electron chi connectivity index (χ0n) is 9.75. The Kier molecular flexibility index (Phi) is 3.91. The predicted molar refractivity (Wildman–Crippen MR) is 58.4 cm³/mol. The molecule has 0 saturated heterocycles. The first kappa shape index (κ1) is 12.2. The van der Waals surface area contributed by atoms with Gasteiger partial charge in [0.2, 0.25) is 0 Å². The van der Waals surface area contributed by atoms with Crippen molar-refractivity contribution in [2.24, 2.45) is 0 Å². The lowest BCUT2D eigenvalue weighted by Gasteiger charge is -2.33. The van der Waals surface area contributed by atoms with Crippen molar-refractivity contribution in [1.29, 1.82) is 0 Å². The minimum absolute atomic E-state index is 0.317. The monoisotopic (exact) mass is 212 g/mol. The van der Waals surface area contributed by atoms with Crippen molar-refractivity contribution in [2.75, 3.05) is 0 Å². The summed E-state index contributed by atoms with van der Waals surface area (Å²) in [4.78, 5) is 10.9. The van der Waals surface area contributed by atoms with E-state index in [-0.39, 0.29) is 12.1 Å². The lowest BCUT2D eigenvalue weighted by Crippen LogP contribution is -2.42. The second-order valence-corrected chi connectivity index (χ2v) is 4.58. The van der Waals surface area contributed by atoms with Crippen LogP contribution in [-0.2, 0) is 9.53 Å². The van der Waals surface area contributed by atoms with E-state index in [0.29, 0.717) is 12.8 Å². The van der Waals surface area contributed by atoms with E-state index < -0.39 is 5.60 Å². The van der Waals surface area contributed by atoms with E-state index in [9.17, 15) is 9.90 Å². The molecule has 0 aromatic rings. The Morgan fingerprint density at radius 1 is 1.67 bits per heavy atom. The first-order chi connectivity index (χ1) is 6.92.